The molecule has 1 aliphatic heterocycles. The number of nitrogens with one attached hydrogen (secondary N) is 1. The van der Waals surface area contributed by atoms with Gasteiger partial charge < -0.3 is 14.2 Å². The number of carbonyl (C=O) groups excluding carboxylic acids is 1. The van der Waals surface area contributed by atoms with Gasteiger partial charge in [0.15, 0.2) is 17.3 Å². The van der Waals surface area contributed by atoms with Crippen molar-refractivity contribution in [1.82, 2.24) is 10.2 Å². The van der Waals surface area contributed by atoms with E-state index in [0.29, 0.717) is 39.8 Å². The minimum atomic E-state index is -0.437. The topological polar surface area (TPSA) is 73.4 Å². The van der Waals surface area contributed by atoms with Crippen LogP contribution >= 0.6 is 0 Å². The van der Waals surface area contributed by atoms with Gasteiger partial charge in [0.1, 0.15) is 11.6 Å². The second-order valence-corrected chi connectivity index (χ2v) is 5.82. The third-order valence-electron chi connectivity index (χ3n) is 4.12. The zero-order valence-corrected chi connectivity index (χ0v) is 14.4. The Morgan fingerprint density at radius 3 is 2.85 bits per heavy atom. The summed E-state index contributed by atoms with van der Waals surface area (Å²) < 4.78 is 29.6. The molecule has 0 atom stereocenters. The van der Waals surface area contributed by atoms with E-state index in [0.717, 1.165) is 0 Å². The van der Waals surface area contributed by atoms with E-state index in [-0.39, 0.29) is 12.6 Å². The smallest absolute Gasteiger partial charge is 0.231 e. The van der Waals surface area contributed by atoms with Gasteiger partial charge in [-0.1, -0.05) is 0 Å². The summed E-state index contributed by atoms with van der Waals surface area (Å²) in [6.07, 6.45) is 3.00. The lowest BCUT2D eigenvalue weighted by Crippen LogP contribution is -1.94. The number of hydrogen-bond acceptors (Lipinski definition) is 5. The highest BCUT2D eigenvalue weighted by atomic mass is 19.1. The minimum absolute atomic E-state index is 0.154. The van der Waals surface area contributed by atoms with Gasteiger partial charge in [0.2, 0.25) is 6.79 Å². The first-order valence-electron chi connectivity index (χ1n) is 8.15. The number of benzene rings is 2. The molecule has 1 aliphatic rings. The molecule has 1 N–H and O–H groups in total. The number of ketones is 1. The van der Waals surface area contributed by atoms with Gasteiger partial charge in [0.05, 0.1) is 18.5 Å². The van der Waals surface area contributed by atoms with Gasteiger partial charge in [0, 0.05) is 17.2 Å². The summed E-state index contributed by atoms with van der Waals surface area (Å²) >= 11 is 0. The first-order valence-corrected chi connectivity index (χ1v) is 8.15. The summed E-state index contributed by atoms with van der Waals surface area (Å²) in [5, 5.41) is 6.87. The first kappa shape index (κ1) is 16.8. The molecule has 0 saturated carbocycles. The van der Waals surface area contributed by atoms with Crippen LogP contribution in [0, 0.1) is 5.82 Å². The number of carbonyl (C=O) groups is 1. The van der Waals surface area contributed by atoms with Crippen molar-refractivity contribution >= 4 is 11.9 Å². The van der Waals surface area contributed by atoms with Crippen molar-refractivity contribution in [2.45, 2.75) is 0 Å². The summed E-state index contributed by atoms with van der Waals surface area (Å²) in [5.74, 6) is 0.970. The Labute approximate surface area is 154 Å². The molecule has 6 nitrogen and oxygen atoms in total. The number of H-pyrrole nitrogens is 1. The Morgan fingerprint density at radius 1 is 1.19 bits per heavy atom. The fraction of sp³-hybridized carbons (Fsp3) is 0.100. The SMILES string of the molecule is COc1ccc(-c2cc(C=CC(=O)c3ccc4c(c3)OCO4)[nH]n2)c(F)c1. The Hall–Kier alpha value is -3.61. The zero-order valence-electron chi connectivity index (χ0n) is 14.4. The molecule has 0 amide bonds. The summed E-state index contributed by atoms with van der Waals surface area (Å²) in [5.41, 5.74) is 1.84. The Kier molecular flexibility index (Phi) is 4.33. The number of hydrogen-bond donors (Lipinski definition) is 1. The van der Waals surface area contributed by atoms with E-state index in [1.165, 1.54) is 19.3 Å². The van der Waals surface area contributed by atoms with Crippen LogP contribution in [-0.2, 0) is 0 Å². The highest BCUT2D eigenvalue weighted by Crippen LogP contribution is 2.32. The Balaban J connectivity index is 1.51. The molecule has 27 heavy (non-hydrogen) atoms. The molecule has 3 aromatic rings. The summed E-state index contributed by atoms with van der Waals surface area (Å²) in [4.78, 5) is 12.3. The van der Waals surface area contributed by atoms with Crippen molar-refractivity contribution in [1.29, 1.82) is 0 Å². The molecular formula is C20H15FN2O4. The van der Waals surface area contributed by atoms with Crippen LogP contribution < -0.4 is 14.2 Å². The van der Waals surface area contributed by atoms with Crippen LogP contribution in [0.2, 0.25) is 0 Å². The van der Waals surface area contributed by atoms with Crippen LogP contribution in [0.1, 0.15) is 16.1 Å². The minimum Gasteiger partial charge on any atom is -0.497 e. The number of ether oxygens (including phenoxy) is 3. The average Bonchev–Trinajstić information content (AvgIpc) is 3.34. The van der Waals surface area contributed by atoms with Crippen molar-refractivity contribution in [3.63, 3.8) is 0 Å². The molecular weight excluding hydrogens is 351 g/mol. The van der Waals surface area contributed by atoms with Crippen LogP contribution in [-0.4, -0.2) is 29.9 Å². The van der Waals surface area contributed by atoms with Gasteiger partial charge in [-0.2, -0.15) is 5.10 Å². The van der Waals surface area contributed by atoms with Crippen LogP contribution in [0.4, 0.5) is 4.39 Å². The van der Waals surface area contributed by atoms with E-state index in [1.807, 2.05) is 0 Å². The molecule has 2 aromatic carbocycles. The second-order valence-electron chi connectivity index (χ2n) is 5.82. The van der Waals surface area contributed by atoms with Gasteiger partial charge in [-0.15, -0.1) is 0 Å². The second kappa shape index (κ2) is 6.95. The van der Waals surface area contributed by atoms with Crippen LogP contribution in [0.25, 0.3) is 17.3 Å². The monoisotopic (exact) mass is 366 g/mol. The molecule has 4 rings (SSSR count). The van der Waals surface area contributed by atoms with Crippen molar-refractivity contribution in [3.8, 4) is 28.5 Å². The van der Waals surface area contributed by atoms with Crippen LogP contribution in [0.5, 0.6) is 17.2 Å². The molecule has 0 unspecified atom stereocenters. The molecule has 2 heterocycles. The number of allylic oxidation sites excluding steroid dienone is 1. The van der Waals surface area contributed by atoms with Crippen molar-refractivity contribution in [2.24, 2.45) is 0 Å². The maximum Gasteiger partial charge on any atom is 0.231 e. The number of aromatic nitrogens is 2. The normalized spacial score (nSPS) is 12.5. The molecule has 0 fully saturated rings. The van der Waals surface area contributed by atoms with Crippen LogP contribution in [0.15, 0.2) is 48.5 Å². The van der Waals surface area contributed by atoms with Gasteiger partial charge in [-0.25, -0.2) is 4.39 Å². The number of fused-ring (bicyclic) bond motifs is 1. The first-order chi connectivity index (χ1) is 13.1. The summed E-state index contributed by atoms with van der Waals surface area (Å²) in [6, 6.07) is 11.2. The van der Waals surface area contributed by atoms with Crippen LogP contribution in [0.3, 0.4) is 0 Å². The van der Waals surface area contributed by atoms with Gasteiger partial charge in [0.25, 0.3) is 0 Å². The lowest BCUT2D eigenvalue weighted by molar-refractivity contribution is 0.104. The van der Waals surface area contributed by atoms with E-state index in [4.69, 9.17) is 14.2 Å². The molecule has 1 aromatic heterocycles. The van der Waals surface area contributed by atoms with Crippen molar-refractivity contribution in [2.75, 3.05) is 13.9 Å². The Bertz CT molecular complexity index is 1040. The summed E-state index contributed by atoms with van der Waals surface area (Å²) in [7, 11) is 1.48. The fourth-order valence-electron chi connectivity index (χ4n) is 2.70. The highest BCUT2D eigenvalue weighted by Gasteiger charge is 2.15. The number of nitrogens with zero attached hydrogens (tertiary/aromatic N) is 1. The third-order valence-corrected chi connectivity index (χ3v) is 4.12. The lowest BCUT2D eigenvalue weighted by Gasteiger charge is -2.02. The predicted octanol–water partition coefficient (Wildman–Crippen LogP) is 3.85. The zero-order chi connectivity index (χ0) is 18.8. The van der Waals surface area contributed by atoms with E-state index in [1.54, 1.807) is 42.5 Å². The highest BCUT2D eigenvalue weighted by molar-refractivity contribution is 6.07. The quantitative estimate of drug-likeness (QED) is 0.548. The van der Waals surface area contributed by atoms with Gasteiger partial charge in [-0.3, -0.25) is 9.89 Å². The van der Waals surface area contributed by atoms with E-state index in [9.17, 15) is 9.18 Å². The molecule has 0 spiro atoms. The van der Waals surface area contributed by atoms with Crippen molar-refractivity contribution in [3.05, 3.63) is 65.6 Å². The Morgan fingerprint density at radius 2 is 2.04 bits per heavy atom. The molecule has 0 saturated heterocycles. The average molecular weight is 366 g/mol. The van der Waals surface area contributed by atoms with Gasteiger partial charge >= 0.3 is 0 Å². The largest absolute Gasteiger partial charge is 0.497 e. The maximum atomic E-state index is 14.1. The number of halogens is 1. The molecule has 0 radical (unpaired) electrons. The molecule has 0 aliphatic carbocycles. The lowest BCUT2D eigenvalue weighted by atomic mass is 10.1. The van der Waals surface area contributed by atoms with E-state index < -0.39 is 5.82 Å². The van der Waals surface area contributed by atoms with E-state index >= 15 is 0 Å². The fourth-order valence-corrected chi connectivity index (χ4v) is 2.70. The summed E-state index contributed by atoms with van der Waals surface area (Å²) in [6.45, 7) is 0.154. The standard InChI is InChI=1S/C20H15FN2O4/c1-25-14-4-5-15(16(21)10-14)17-9-13(22-23-17)3-6-18(24)12-2-7-19-20(8-12)27-11-26-19/h2-10H,11H2,1H3,(H,22,23). The third kappa shape index (κ3) is 3.39. The number of methoxy groups -OCH3 is 1. The van der Waals surface area contributed by atoms with Crippen molar-refractivity contribution < 1.29 is 23.4 Å². The molecule has 7 heteroatoms. The van der Waals surface area contributed by atoms with Gasteiger partial charge in [-0.05, 0) is 48.6 Å². The predicted molar refractivity (Wildman–Crippen MR) is 96.5 cm³/mol. The molecule has 0 bridgehead atoms. The van der Waals surface area contributed by atoms with E-state index in [2.05, 4.69) is 10.2 Å². The molecule has 136 valence electrons. The number of rotatable bonds is 5. The maximum absolute atomic E-state index is 14.1. The number of aromatic amines is 1.